The molecule has 1 aromatic heterocycles. The topological polar surface area (TPSA) is 30.2 Å². The fourth-order valence-electron chi connectivity index (χ4n) is 1.59. The molecular weight excluding hydrogens is 188 g/mol. The van der Waals surface area contributed by atoms with Gasteiger partial charge in [0.25, 0.3) is 0 Å². The van der Waals surface area contributed by atoms with Crippen LogP contribution in [0.4, 0.5) is 0 Å². The van der Waals surface area contributed by atoms with Crippen molar-refractivity contribution in [2.45, 2.75) is 12.3 Å². The lowest BCUT2D eigenvalue weighted by Gasteiger charge is -2.08. The van der Waals surface area contributed by atoms with Crippen molar-refractivity contribution in [3.8, 4) is 0 Å². The van der Waals surface area contributed by atoms with Crippen molar-refractivity contribution in [1.82, 2.24) is 0 Å². The second-order valence-electron chi connectivity index (χ2n) is 3.44. The van der Waals surface area contributed by atoms with E-state index in [1.54, 1.807) is 6.26 Å². The summed E-state index contributed by atoms with van der Waals surface area (Å²) in [6, 6.07) is 13.5. The number of furan rings is 1. The van der Waals surface area contributed by atoms with Crippen molar-refractivity contribution in [2.24, 2.45) is 0 Å². The van der Waals surface area contributed by atoms with Gasteiger partial charge in [0, 0.05) is 12.3 Å². The van der Waals surface area contributed by atoms with Crippen LogP contribution in [0.2, 0.25) is 0 Å². The zero-order valence-corrected chi connectivity index (χ0v) is 8.30. The molecule has 0 saturated heterocycles. The predicted octanol–water partition coefficient (Wildman–Crippen LogP) is 2.80. The highest BCUT2D eigenvalue weighted by atomic mass is 16.3. The van der Waals surface area contributed by atoms with Gasteiger partial charge in [-0.15, -0.1) is 0 Å². The van der Waals surface area contributed by atoms with E-state index in [1.807, 2.05) is 42.5 Å². The van der Waals surface area contributed by atoms with Gasteiger partial charge in [-0.1, -0.05) is 30.3 Å². The maximum Gasteiger partial charge on any atom is 0.127 e. The van der Waals surface area contributed by atoms with Gasteiger partial charge < -0.3 is 9.21 Å². The number of benzene rings is 1. The second kappa shape index (κ2) is 4.60. The van der Waals surface area contributed by atoms with Gasteiger partial charge in [-0.25, -0.2) is 0 Å². The van der Waals surface area contributed by atoms with E-state index in [0.29, 0.717) is 6.42 Å². The van der Waals surface area contributed by atoms with Crippen LogP contribution in [0.3, 0.4) is 0 Å². The smallest absolute Gasteiger partial charge is 0.127 e. The average molecular weight is 200 g/mol. The number of hydrogen-bond acceptors (Lipinski definition) is 2. The Balaban J connectivity index is 2.15. The molecule has 0 aliphatic carbocycles. The maximum atomic E-state index is 11.0. The number of aldehydes is 1. The molecule has 0 spiro atoms. The molecule has 0 radical (unpaired) electrons. The lowest BCUT2D eigenvalue weighted by Crippen LogP contribution is -2.03. The lowest BCUT2D eigenvalue weighted by atomic mass is 9.96. The Bertz CT molecular complexity index is 403. The summed E-state index contributed by atoms with van der Waals surface area (Å²) < 4.78 is 5.23. The summed E-state index contributed by atoms with van der Waals surface area (Å²) in [6.07, 6.45) is 3.22. The normalized spacial score (nSPS) is 12.3. The van der Waals surface area contributed by atoms with Gasteiger partial charge >= 0.3 is 0 Å². The molecule has 2 rings (SSSR count). The van der Waals surface area contributed by atoms with Gasteiger partial charge in [0.1, 0.15) is 12.0 Å². The number of carbonyl (C=O) groups is 1. The molecule has 1 aromatic carbocycles. The molecule has 0 saturated carbocycles. The van der Waals surface area contributed by atoms with E-state index < -0.39 is 0 Å². The van der Waals surface area contributed by atoms with Crippen LogP contribution in [-0.2, 0) is 11.2 Å². The van der Waals surface area contributed by atoms with E-state index in [2.05, 4.69) is 0 Å². The zero-order valence-electron chi connectivity index (χ0n) is 8.30. The average Bonchev–Trinajstić information content (AvgIpc) is 2.80. The molecule has 0 bridgehead atoms. The number of carbonyl (C=O) groups excluding carboxylic acids is 1. The molecule has 1 unspecified atom stereocenters. The highest BCUT2D eigenvalue weighted by Gasteiger charge is 2.11. The molecule has 1 atom stereocenters. The maximum absolute atomic E-state index is 11.0. The Morgan fingerprint density at radius 3 is 2.53 bits per heavy atom. The third kappa shape index (κ3) is 2.34. The summed E-state index contributed by atoms with van der Waals surface area (Å²) in [5.41, 5.74) is 1.03. The van der Waals surface area contributed by atoms with Gasteiger partial charge in [-0.2, -0.15) is 0 Å². The Labute approximate surface area is 88.5 Å². The fourth-order valence-corrected chi connectivity index (χ4v) is 1.59. The van der Waals surface area contributed by atoms with Crippen molar-refractivity contribution in [2.75, 3.05) is 0 Å². The Morgan fingerprint density at radius 1 is 1.13 bits per heavy atom. The number of hydrogen-bond donors (Lipinski definition) is 0. The van der Waals surface area contributed by atoms with Crippen LogP contribution in [0.25, 0.3) is 0 Å². The van der Waals surface area contributed by atoms with Crippen molar-refractivity contribution in [1.29, 1.82) is 0 Å². The first-order valence-corrected chi connectivity index (χ1v) is 4.93. The molecule has 15 heavy (non-hydrogen) atoms. The Morgan fingerprint density at radius 2 is 1.93 bits per heavy atom. The van der Waals surface area contributed by atoms with E-state index in [1.165, 1.54) is 0 Å². The lowest BCUT2D eigenvalue weighted by molar-refractivity contribution is -0.109. The summed E-state index contributed by atoms with van der Waals surface area (Å²) in [5.74, 6) is 0.730. The van der Waals surface area contributed by atoms with E-state index in [4.69, 9.17) is 4.42 Å². The molecule has 2 aromatic rings. The molecule has 0 aliphatic rings. The van der Waals surface area contributed by atoms with Crippen molar-refractivity contribution in [3.05, 3.63) is 60.1 Å². The largest absolute Gasteiger partial charge is 0.469 e. The van der Waals surface area contributed by atoms with Crippen LogP contribution in [0.1, 0.15) is 17.2 Å². The van der Waals surface area contributed by atoms with Gasteiger partial charge in [-0.3, -0.25) is 0 Å². The molecule has 0 fully saturated rings. The van der Waals surface area contributed by atoms with Gasteiger partial charge in [-0.05, 0) is 17.7 Å². The summed E-state index contributed by atoms with van der Waals surface area (Å²) in [7, 11) is 0. The quantitative estimate of drug-likeness (QED) is 0.710. The molecular formula is C13H12O2. The van der Waals surface area contributed by atoms with Gasteiger partial charge in [0.15, 0.2) is 0 Å². The van der Waals surface area contributed by atoms with E-state index in [-0.39, 0.29) is 5.92 Å². The first-order valence-electron chi connectivity index (χ1n) is 4.93. The molecule has 1 heterocycles. The first kappa shape index (κ1) is 9.71. The third-order valence-corrected chi connectivity index (χ3v) is 2.39. The van der Waals surface area contributed by atoms with Crippen LogP contribution in [0.15, 0.2) is 53.1 Å². The first-order chi connectivity index (χ1) is 7.40. The monoisotopic (exact) mass is 200 g/mol. The molecule has 2 heteroatoms. The minimum Gasteiger partial charge on any atom is -0.469 e. The van der Waals surface area contributed by atoms with E-state index in [9.17, 15) is 4.79 Å². The Hall–Kier alpha value is -1.83. The highest BCUT2D eigenvalue weighted by molar-refractivity contribution is 5.62. The standard InChI is InChI=1S/C13H12O2/c14-10-12(9-13-7-4-8-15-13)11-5-2-1-3-6-11/h1-8,10,12H,9H2. The van der Waals surface area contributed by atoms with Crippen LogP contribution in [-0.4, -0.2) is 6.29 Å². The number of rotatable bonds is 4. The minimum absolute atomic E-state index is 0.114. The Kier molecular flexibility index (Phi) is 2.98. The third-order valence-electron chi connectivity index (χ3n) is 2.39. The molecule has 0 amide bonds. The SMILES string of the molecule is O=CC(Cc1ccco1)c1ccccc1. The van der Waals surface area contributed by atoms with Crippen molar-refractivity contribution in [3.63, 3.8) is 0 Å². The predicted molar refractivity (Wildman–Crippen MR) is 57.7 cm³/mol. The highest BCUT2D eigenvalue weighted by Crippen LogP contribution is 2.18. The van der Waals surface area contributed by atoms with Crippen molar-refractivity contribution < 1.29 is 9.21 Å². The summed E-state index contributed by atoms with van der Waals surface area (Å²) in [6.45, 7) is 0. The summed E-state index contributed by atoms with van der Waals surface area (Å²) >= 11 is 0. The molecule has 0 N–H and O–H groups in total. The van der Waals surface area contributed by atoms with E-state index in [0.717, 1.165) is 17.6 Å². The van der Waals surface area contributed by atoms with E-state index >= 15 is 0 Å². The molecule has 76 valence electrons. The molecule has 2 nitrogen and oxygen atoms in total. The van der Waals surface area contributed by atoms with Crippen LogP contribution >= 0.6 is 0 Å². The summed E-state index contributed by atoms with van der Waals surface area (Å²) in [4.78, 5) is 11.0. The van der Waals surface area contributed by atoms with Crippen LogP contribution in [0, 0.1) is 0 Å². The second-order valence-corrected chi connectivity index (χ2v) is 3.44. The van der Waals surface area contributed by atoms with Crippen LogP contribution < -0.4 is 0 Å². The van der Waals surface area contributed by atoms with Gasteiger partial charge in [0.05, 0.1) is 6.26 Å². The van der Waals surface area contributed by atoms with Crippen molar-refractivity contribution >= 4 is 6.29 Å². The van der Waals surface area contributed by atoms with Gasteiger partial charge in [0.2, 0.25) is 0 Å². The zero-order chi connectivity index (χ0) is 10.5. The minimum atomic E-state index is -0.114. The molecule has 0 aliphatic heterocycles. The fraction of sp³-hybridized carbons (Fsp3) is 0.154. The van der Waals surface area contributed by atoms with Crippen LogP contribution in [0.5, 0.6) is 0 Å². The summed E-state index contributed by atoms with van der Waals surface area (Å²) in [5, 5.41) is 0.